The molecule has 0 amide bonds. The van der Waals surface area contributed by atoms with E-state index in [0.29, 0.717) is 11.1 Å². The Kier molecular flexibility index (Phi) is 4.04. The van der Waals surface area contributed by atoms with Crippen molar-refractivity contribution >= 4 is 22.8 Å². The molecule has 4 N–H and O–H groups in total. The van der Waals surface area contributed by atoms with Gasteiger partial charge in [-0.15, -0.1) is 0 Å². The second-order valence-electron chi connectivity index (χ2n) is 5.71. The molecule has 0 aliphatic carbocycles. The summed E-state index contributed by atoms with van der Waals surface area (Å²) in [7, 11) is 1.93. The number of aromatic carboxylic acids is 1. The molecular weight excluding hydrogens is 304 g/mol. The smallest absolute Gasteiger partial charge is 0.335 e. The van der Waals surface area contributed by atoms with E-state index >= 15 is 0 Å². The van der Waals surface area contributed by atoms with Crippen LogP contribution in [0.3, 0.4) is 0 Å². The van der Waals surface area contributed by atoms with E-state index in [2.05, 4.69) is 4.98 Å². The van der Waals surface area contributed by atoms with Gasteiger partial charge in [-0.2, -0.15) is 0 Å². The van der Waals surface area contributed by atoms with Gasteiger partial charge in [-0.05, 0) is 30.2 Å². The lowest BCUT2D eigenvalue weighted by atomic mass is 10.1. The minimum Gasteiger partial charge on any atom is -0.478 e. The SMILES string of the molecule is Cn1c(CCc2ccc(C(=N)N)cc2)nc2cc(C(=O)O)ccc21. The minimum atomic E-state index is -0.949. The molecule has 2 aromatic carbocycles. The Bertz CT molecular complexity index is 926. The molecule has 6 heteroatoms. The predicted molar refractivity (Wildman–Crippen MR) is 92.5 cm³/mol. The molecule has 6 nitrogen and oxygen atoms in total. The molecule has 24 heavy (non-hydrogen) atoms. The van der Waals surface area contributed by atoms with E-state index in [4.69, 9.17) is 16.2 Å². The van der Waals surface area contributed by atoms with Crippen LogP contribution in [-0.4, -0.2) is 26.5 Å². The lowest BCUT2D eigenvalue weighted by molar-refractivity contribution is 0.0697. The van der Waals surface area contributed by atoms with Crippen LogP contribution < -0.4 is 5.73 Å². The third-order valence-corrected chi connectivity index (χ3v) is 4.12. The van der Waals surface area contributed by atoms with E-state index in [0.717, 1.165) is 29.7 Å². The molecule has 0 saturated carbocycles. The van der Waals surface area contributed by atoms with Gasteiger partial charge in [-0.3, -0.25) is 5.41 Å². The highest BCUT2D eigenvalue weighted by Crippen LogP contribution is 2.18. The lowest BCUT2D eigenvalue weighted by Gasteiger charge is -2.04. The number of nitrogen functional groups attached to an aromatic ring is 1. The zero-order valence-electron chi connectivity index (χ0n) is 13.3. The van der Waals surface area contributed by atoms with Crippen LogP contribution in [0.25, 0.3) is 11.0 Å². The van der Waals surface area contributed by atoms with E-state index < -0.39 is 5.97 Å². The number of hydrogen-bond donors (Lipinski definition) is 3. The number of carboxylic acids is 1. The average Bonchev–Trinajstić information content (AvgIpc) is 2.89. The Morgan fingerprint density at radius 1 is 1.17 bits per heavy atom. The Balaban J connectivity index is 1.81. The number of rotatable bonds is 5. The number of imidazole rings is 1. The number of hydrogen-bond acceptors (Lipinski definition) is 3. The monoisotopic (exact) mass is 322 g/mol. The number of aryl methyl sites for hydroxylation is 3. The molecule has 3 rings (SSSR count). The van der Waals surface area contributed by atoms with E-state index in [9.17, 15) is 4.79 Å². The van der Waals surface area contributed by atoms with Gasteiger partial charge in [0.15, 0.2) is 0 Å². The van der Waals surface area contributed by atoms with Crippen LogP contribution in [0.2, 0.25) is 0 Å². The molecule has 0 bridgehead atoms. The van der Waals surface area contributed by atoms with E-state index in [-0.39, 0.29) is 11.4 Å². The maximum Gasteiger partial charge on any atom is 0.335 e. The van der Waals surface area contributed by atoms with Gasteiger partial charge in [-0.25, -0.2) is 9.78 Å². The van der Waals surface area contributed by atoms with Gasteiger partial charge in [0.2, 0.25) is 0 Å². The highest BCUT2D eigenvalue weighted by atomic mass is 16.4. The largest absolute Gasteiger partial charge is 0.478 e. The zero-order chi connectivity index (χ0) is 17.3. The zero-order valence-corrected chi connectivity index (χ0v) is 13.3. The number of benzene rings is 2. The number of nitrogens with one attached hydrogen (secondary N) is 1. The fraction of sp³-hybridized carbons (Fsp3) is 0.167. The summed E-state index contributed by atoms with van der Waals surface area (Å²) in [6.45, 7) is 0. The van der Waals surface area contributed by atoms with Gasteiger partial charge in [-0.1, -0.05) is 24.3 Å². The number of fused-ring (bicyclic) bond motifs is 1. The van der Waals surface area contributed by atoms with Crippen LogP contribution in [0, 0.1) is 5.41 Å². The number of nitrogens with zero attached hydrogens (tertiary/aromatic N) is 2. The van der Waals surface area contributed by atoms with Crippen molar-refractivity contribution in [3.63, 3.8) is 0 Å². The molecule has 0 unspecified atom stereocenters. The van der Waals surface area contributed by atoms with Gasteiger partial charge >= 0.3 is 5.97 Å². The molecule has 0 atom stereocenters. The molecule has 0 spiro atoms. The summed E-state index contributed by atoms with van der Waals surface area (Å²) in [5.41, 5.74) is 9.16. The van der Waals surface area contributed by atoms with Crippen LogP contribution in [0.1, 0.15) is 27.3 Å². The summed E-state index contributed by atoms with van der Waals surface area (Å²) in [5, 5.41) is 16.5. The van der Waals surface area contributed by atoms with Crippen LogP contribution in [-0.2, 0) is 19.9 Å². The van der Waals surface area contributed by atoms with E-state index in [1.54, 1.807) is 18.2 Å². The molecule has 3 aromatic rings. The summed E-state index contributed by atoms with van der Waals surface area (Å²) in [4.78, 5) is 15.6. The van der Waals surface area contributed by atoms with Crippen molar-refractivity contribution in [1.29, 1.82) is 5.41 Å². The van der Waals surface area contributed by atoms with Crippen molar-refractivity contribution in [3.05, 3.63) is 65.0 Å². The Morgan fingerprint density at radius 2 is 1.83 bits per heavy atom. The van der Waals surface area contributed by atoms with Crippen molar-refractivity contribution in [1.82, 2.24) is 9.55 Å². The van der Waals surface area contributed by atoms with Crippen LogP contribution >= 0.6 is 0 Å². The Hall–Kier alpha value is -3.15. The van der Waals surface area contributed by atoms with Gasteiger partial charge < -0.3 is 15.4 Å². The topological polar surface area (TPSA) is 105 Å². The molecule has 0 fully saturated rings. The van der Waals surface area contributed by atoms with Crippen molar-refractivity contribution in [2.45, 2.75) is 12.8 Å². The van der Waals surface area contributed by atoms with Crippen molar-refractivity contribution in [2.75, 3.05) is 0 Å². The van der Waals surface area contributed by atoms with Gasteiger partial charge in [0.25, 0.3) is 0 Å². The maximum atomic E-state index is 11.1. The normalized spacial score (nSPS) is 10.9. The molecular formula is C18H18N4O2. The fourth-order valence-electron chi connectivity index (χ4n) is 2.71. The first kappa shape index (κ1) is 15.7. The second-order valence-corrected chi connectivity index (χ2v) is 5.71. The van der Waals surface area contributed by atoms with Crippen molar-refractivity contribution in [3.8, 4) is 0 Å². The molecule has 0 aliphatic heterocycles. The van der Waals surface area contributed by atoms with Gasteiger partial charge in [0.1, 0.15) is 11.7 Å². The maximum absolute atomic E-state index is 11.1. The average molecular weight is 322 g/mol. The molecule has 0 aliphatic rings. The van der Waals surface area contributed by atoms with Gasteiger partial charge in [0, 0.05) is 19.0 Å². The number of carbonyl (C=O) groups is 1. The van der Waals surface area contributed by atoms with Crippen LogP contribution in [0.4, 0.5) is 0 Å². The minimum absolute atomic E-state index is 0.0612. The summed E-state index contributed by atoms with van der Waals surface area (Å²) >= 11 is 0. The number of amidine groups is 1. The molecule has 1 heterocycles. The molecule has 122 valence electrons. The predicted octanol–water partition coefficient (Wildman–Crippen LogP) is 2.34. The first-order chi connectivity index (χ1) is 11.5. The van der Waals surface area contributed by atoms with Crippen molar-refractivity contribution < 1.29 is 9.90 Å². The summed E-state index contributed by atoms with van der Waals surface area (Å²) < 4.78 is 1.99. The first-order valence-electron chi connectivity index (χ1n) is 7.57. The first-order valence-corrected chi connectivity index (χ1v) is 7.57. The molecule has 1 aromatic heterocycles. The van der Waals surface area contributed by atoms with Gasteiger partial charge in [0.05, 0.1) is 16.6 Å². The third-order valence-electron chi connectivity index (χ3n) is 4.12. The number of nitrogens with two attached hydrogens (primary N) is 1. The molecule has 0 saturated heterocycles. The van der Waals surface area contributed by atoms with Crippen LogP contribution in [0.15, 0.2) is 42.5 Å². The number of aromatic nitrogens is 2. The third kappa shape index (κ3) is 2.99. The summed E-state index contributed by atoms with van der Waals surface area (Å²) in [6, 6.07) is 12.6. The van der Waals surface area contributed by atoms with Crippen LogP contribution in [0.5, 0.6) is 0 Å². The fourth-order valence-corrected chi connectivity index (χ4v) is 2.71. The standard InChI is InChI=1S/C18H18N4O2/c1-22-15-8-7-13(18(23)24)10-14(15)21-16(22)9-4-11-2-5-12(6-3-11)17(19)20/h2-3,5-8,10H,4,9H2,1H3,(H3,19,20)(H,23,24). The quantitative estimate of drug-likeness (QED) is 0.495. The van der Waals surface area contributed by atoms with E-state index in [1.807, 2.05) is 35.9 Å². The highest BCUT2D eigenvalue weighted by molar-refractivity contribution is 5.95. The lowest BCUT2D eigenvalue weighted by Crippen LogP contribution is -2.10. The highest BCUT2D eigenvalue weighted by Gasteiger charge is 2.11. The van der Waals surface area contributed by atoms with E-state index in [1.165, 1.54) is 0 Å². The summed E-state index contributed by atoms with van der Waals surface area (Å²) in [5.74, 6) is 0.0176. The Morgan fingerprint density at radius 3 is 2.46 bits per heavy atom. The van der Waals surface area contributed by atoms with Crippen molar-refractivity contribution in [2.24, 2.45) is 12.8 Å². The summed E-state index contributed by atoms with van der Waals surface area (Å²) in [6.07, 6.45) is 1.55. The molecule has 0 radical (unpaired) electrons. The second kappa shape index (κ2) is 6.16. The number of carboxylic acid groups (broad SMARTS) is 1. The Labute approximate surface area is 139 Å².